The molecule has 2 heterocycles. The van der Waals surface area contributed by atoms with E-state index in [0.29, 0.717) is 10.2 Å². The van der Waals surface area contributed by atoms with Crippen molar-refractivity contribution in [3.8, 4) is 5.69 Å². The minimum absolute atomic E-state index is 0.00767. The van der Waals surface area contributed by atoms with Gasteiger partial charge in [-0.15, -0.1) is 10.2 Å². The number of hydrogen-bond acceptors (Lipinski definition) is 4. The van der Waals surface area contributed by atoms with Crippen molar-refractivity contribution in [1.82, 2.24) is 14.8 Å². The molecule has 0 saturated carbocycles. The molecule has 1 aliphatic heterocycles. The second-order valence-corrected chi connectivity index (χ2v) is 9.04. The zero-order chi connectivity index (χ0) is 22.1. The van der Waals surface area contributed by atoms with Crippen molar-refractivity contribution in [2.45, 2.75) is 24.9 Å². The summed E-state index contributed by atoms with van der Waals surface area (Å²) < 4.78 is 1.85. The van der Waals surface area contributed by atoms with E-state index in [4.69, 9.17) is 11.6 Å². The number of aromatic nitrogens is 3. The molecule has 0 N–H and O–H groups in total. The summed E-state index contributed by atoms with van der Waals surface area (Å²) in [6, 6.07) is 22.1. The van der Waals surface area contributed by atoms with Crippen LogP contribution in [-0.4, -0.2) is 26.4 Å². The van der Waals surface area contributed by atoms with Crippen molar-refractivity contribution in [2.24, 2.45) is 0 Å². The first-order chi connectivity index (χ1) is 15.6. The second-order valence-electron chi connectivity index (χ2n) is 7.69. The lowest BCUT2D eigenvalue weighted by Crippen LogP contribution is -2.28. The normalized spacial score (nSPS) is 12.8. The maximum absolute atomic E-state index is 13.5. The number of amides is 1. The van der Waals surface area contributed by atoms with E-state index < -0.39 is 0 Å². The number of thioether (sulfide) groups is 1. The summed E-state index contributed by atoms with van der Waals surface area (Å²) in [5.41, 5.74) is 6.14. The number of nitrogens with zero attached hydrogens (tertiary/aromatic N) is 4. The van der Waals surface area contributed by atoms with Gasteiger partial charge in [-0.3, -0.25) is 14.3 Å². The van der Waals surface area contributed by atoms with Crippen LogP contribution < -0.4 is 4.90 Å². The zero-order valence-electron chi connectivity index (χ0n) is 17.5. The minimum Gasteiger partial charge on any atom is -0.280 e. The van der Waals surface area contributed by atoms with Gasteiger partial charge in [0.2, 0.25) is 5.91 Å². The van der Waals surface area contributed by atoms with E-state index in [9.17, 15) is 4.79 Å². The van der Waals surface area contributed by atoms with Gasteiger partial charge in [0.15, 0.2) is 5.16 Å². The van der Waals surface area contributed by atoms with Crippen molar-refractivity contribution >= 4 is 40.6 Å². The Labute approximate surface area is 196 Å². The van der Waals surface area contributed by atoms with E-state index in [2.05, 4.69) is 22.3 Å². The molecule has 5 nitrogen and oxygen atoms in total. The molecular formula is C25H21ClN4OS. The van der Waals surface area contributed by atoms with Crippen molar-refractivity contribution in [1.29, 1.82) is 0 Å². The van der Waals surface area contributed by atoms with Crippen molar-refractivity contribution in [2.75, 3.05) is 10.7 Å². The Hall–Kier alpha value is -3.09. The van der Waals surface area contributed by atoms with Gasteiger partial charge < -0.3 is 0 Å². The number of anilines is 2. The van der Waals surface area contributed by atoms with Crippen LogP contribution in [0.15, 0.2) is 78.2 Å². The van der Waals surface area contributed by atoms with Gasteiger partial charge in [-0.05, 0) is 60.7 Å². The second kappa shape index (κ2) is 8.81. The molecule has 0 radical (unpaired) electrons. The Morgan fingerprint density at radius 3 is 2.31 bits per heavy atom. The third-order valence-corrected chi connectivity index (χ3v) is 6.99. The highest BCUT2D eigenvalue weighted by Gasteiger charge is 2.26. The molecule has 3 aromatic carbocycles. The monoisotopic (exact) mass is 460 g/mol. The van der Waals surface area contributed by atoms with E-state index in [0.717, 1.165) is 35.5 Å². The number of fused-ring (bicyclic) bond motifs is 2. The van der Waals surface area contributed by atoms with E-state index in [-0.39, 0.29) is 11.7 Å². The van der Waals surface area contributed by atoms with Crippen LogP contribution in [0, 0.1) is 6.92 Å². The SMILES string of the molecule is Cc1ccc(-n2cnnc2SCC(=O)N2c3ccccc3CCc3ccccc32)cc1Cl. The summed E-state index contributed by atoms with van der Waals surface area (Å²) in [5.74, 6) is 0.245. The Balaban J connectivity index is 1.44. The Morgan fingerprint density at radius 1 is 1.00 bits per heavy atom. The van der Waals surface area contributed by atoms with Crippen LogP contribution in [0.2, 0.25) is 5.02 Å². The van der Waals surface area contributed by atoms with Crippen LogP contribution in [-0.2, 0) is 17.6 Å². The van der Waals surface area contributed by atoms with E-state index in [1.807, 2.05) is 71.0 Å². The van der Waals surface area contributed by atoms with Gasteiger partial charge in [0, 0.05) is 5.02 Å². The van der Waals surface area contributed by atoms with Gasteiger partial charge in [0.1, 0.15) is 6.33 Å². The smallest absolute Gasteiger partial charge is 0.242 e. The summed E-state index contributed by atoms with van der Waals surface area (Å²) in [5, 5.41) is 9.61. The Bertz CT molecular complexity index is 1260. The highest BCUT2D eigenvalue weighted by atomic mass is 35.5. The summed E-state index contributed by atoms with van der Waals surface area (Å²) in [6.45, 7) is 1.96. The summed E-state index contributed by atoms with van der Waals surface area (Å²) in [4.78, 5) is 15.4. The van der Waals surface area contributed by atoms with E-state index in [1.54, 1.807) is 6.33 Å². The van der Waals surface area contributed by atoms with Crippen molar-refractivity contribution in [3.05, 3.63) is 94.8 Å². The number of rotatable bonds is 4. The zero-order valence-corrected chi connectivity index (χ0v) is 19.1. The molecule has 0 bridgehead atoms. The lowest BCUT2D eigenvalue weighted by molar-refractivity contribution is -0.115. The standard InChI is InChI=1S/C25H21ClN4OS/c1-17-10-13-20(14-21(17)26)29-16-27-28-25(29)32-15-24(31)30-22-8-4-2-6-18(22)11-12-19-7-3-5-9-23(19)30/h2-10,13-14,16H,11-12,15H2,1H3. The molecule has 5 rings (SSSR count). The highest BCUT2D eigenvalue weighted by Crippen LogP contribution is 2.36. The third-order valence-electron chi connectivity index (χ3n) is 5.65. The fourth-order valence-corrected chi connectivity index (χ4v) is 4.92. The third kappa shape index (κ3) is 3.92. The van der Waals surface area contributed by atoms with Crippen LogP contribution in [0.1, 0.15) is 16.7 Å². The van der Waals surface area contributed by atoms with Crippen LogP contribution in [0.25, 0.3) is 5.69 Å². The number of halogens is 1. The van der Waals surface area contributed by atoms with Gasteiger partial charge in [0.05, 0.1) is 22.8 Å². The number of benzene rings is 3. The lowest BCUT2D eigenvalue weighted by atomic mass is 10.0. The average Bonchev–Trinajstić information content (AvgIpc) is 3.21. The molecule has 0 unspecified atom stereocenters. The van der Waals surface area contributed by atoms with Gasteiger partial charge in [-0.25, -0.2) is 0 Å². The summed E-state index contributed by atoms with van der Waals surface area (Å²) in [6.07, 6.45) is 3.46. The maximum Gasteiger partial charge on any atom is 0.242 e. The predicted molar refractivity (Wildman–Crippen MR) is 129 cm³/mol. The largest absolute Gasteiger partial charge is 0.280 e. The fraction of sp³-hybridized carbons (Fsp3) is 0.160. The quantitative estimate of drug-likeness (QED) is 0.362. The molecular weight excluding hydrogens is 440 g/mol. The summed E-state index contributed by atoms with van der Waals surface area (Å²) in [7, 11) is 0. The molecule has 1 aliphatic rings. The molecule has 0 saturated heterocycles. The average molecular weight is 461 g/mol. The van der Waals surface area contributed by atoms with Gasteiger partial charge in [0.25, 0.3) is 0 Å². The predicted octanol–water partition coefficient (Wildman–Crippen LogP) is 5.78. The van der Waals surface area contributed by atoms with E-state index >= 15 is 0 Å². The van der Waals surface area contributed by atoms with Crippen LogP contribution in [0.5, 0.6) is 0 Å². The molecule has 4 aromatic rings. The molecule has 0 spiro atoms. The molecule has 0 fully saturated rings. The molecule has 1 aromatic heterocycles. The molecule has 0 aliphatic carbocycles. The Kier molecular flexibility index (Phi) is 5.72. The van der Waals surface area contributed by atoms with Gasteiger partial charge in [-0.2, -0.15) is 0 Å². The van der Waals surface area contributed by atoms with Crippen LogP contribution >= 0.6 is 23.4 Å². The first kappa shape index (κ1) is 20.8. The molecule has 160 valence electrons. The van der Waals surface area contributed by atoms with Crippen LogP contribution in [0.4, 0.5) is 11.4 Å². The maximum atomic E-state index is 13.5. The lowest BCUT2D eigenvalue weighted by Gasteiger charge is -2.24. The number of carbonyl (C=O) groups is 1. The first-order valence-corrected chi connectivity index (χ1v) is 11.8. The topological polar surface area (TPSA) is 51.0 Å². The number of aryl methyl sites for hydroxylation is 3. The highest BCUT2D eigenvalue weighted by molar-refractivity contribution is 7.99. The van der Waals surface area contributed by atoms with Gasteiger partial charge in [-0.1, -0.05) is 65.8 Å². The number of hydrogen-bond donors (Lipinski definition) is 0. The van der Waals surface area contributed by atoms with Crippen LogP contribution in [0.3, 0.4) is 0 Å². The minimum atomic E-state index is 0.00767. The fourth-order valence-electron chi connectivity index (χ4n) is 3.97. The van der Waals surface area contributed by atoms with Gasteiger partial charge >= 0.3 is 0 Å². The molecule has 32 heavy (non-hydrogen) atoms. The van der Waals surface area contributed by atoms with Crippen molar-refractivity contribution < 1.29 is 4.79 Å². The van der Waals surface area contributed by atoms with E-state index in [1.165, 1.54) is 22.9 Å². The van der Waals surface area contributed by atoms with Crippen molar-refractivity contribution in [3.63, 3.8) is 0 Å². The summed E-state index contributed by atoms with van der Waals surface area (Å²) >= 11 is 7.67. The molecule has 0 atom stereocenters. The Morgan fingerprint density at radius 2 is 1.66 bits per heavy atom. The molecule has 7 heteroatoms. The first-order valence-electron chi connectivity index (χ1n) is 10.4. The number of carbonyl (C=O) groups excluding carboxylic acids is 1. The number of para-hydroxylation sites is 2. The molecule has 1 amide bonds.